The van der Waals surface area contributed by atoms with Crippen molar-refractivity contribution >= 4 is 5.97 Å². The van der Waals surface area contributed by atoms with E-state index in [1.807, 2.05) is 4.90 Å². The van der Waals surface area contributed by atoms with Crippen LogP contribution in [0, 0.1) is 5.92 Å². The number of ether oxygens (including phenoxy) is 1. The second-order valence-electron chi connectivity index (χ2n) is 4.20. The molecule has 0 radical (unpaired) electrons. The number of alkyl halides is 3. The van der Waals surface area contributed by atoms with E-state index in [0.29, 0.717) is 26.3 Å². The predicted octanol–water partition coefficient (Wildman–Crippen LogP) is 1.36. The molecule has 0 amide bonds. The Bertz CT molecular complexity index is 252. The minimum absolute atomic E-state index is 0.162. The minimum atomic E-state index is -4.31. The van der Waals surface area contributed by atoms with Crippen molar-refractivity contribution in [1.82, 2.24) is 4.90 Å². The molecular weight excluding hydrogens is 239 g/mol. The first-order chi connectivity index (χ1) is 7.87. The van der Waals surface area contributed by atoms with Gasteiger partial charge in [-0.05, 0) is 5.92 Å². The van der Waals surface area contributed by atoms with Crippen LogP contribution in [0.3, 0.4) is 0 Å². The highest BCUT2D eigenvalue weighted by Gasteiger charge is 2.33. The Balaban J connectivity index is 2.46. The largest absolute Gasteiger partial charge is 0.481 e. The lowest BCUT2D eigenvalue weighted by Gasteiger charge is -2.30. The van der Waals surface area contributed by atoms with Gasteiger partial charge in [-0.1, -0.05) is 0 Å². The maximum atomic E-state index is 12.3. The molecule has 1 N–H and O–H groups in total. The molecule has 1 unspecified atom stereocenters. The number of halogens is 3. The molecule has 0 saturated carbocycles. The summed E-state index contributed by atoms with van der Waals surface area (Å²) in [5.74, 6) is -2.07. The van der Waals surface area contributed by atoms with Gasteiger partial charge >= 0.3 is 12.1 Å². The summed E-state index contributed by atoms with van der Waals surface area (Å²) in [6, 6.07) is 0. The number of carboxylic acid groups (broad SMARTS) is 1. The van der Waals surface area contributed by atoms with Crippen LogP contribution in [0.5, 0.6) is 0 Å². The number of aliphatic carboxylic acids is 1. The molecule has 0 aromatic rings. The fourth-order valence-electron chi connectivity index (χ4n) is 1.92. The summed E-state index contributed by atoms with van der Waals surface area (Å²) in [6.45, 7) is 2.27. The molecule has 4 nitrogen and oxygen atoms in total. The van der Waals surface area contributed by atoms with Crippen molar-refractivity contribution in [1.29, 1.82) is 0 Å². The van der Waals surface area contributed by atoms with E-state index in [2.05, 4.69) is 0 Å². The summed E-state index contributed by atoms with van der Waals surface area (Å²) in [7, 11) is 0. The second kappa shape index (κ2) is 6.20. The molecule has 1 fully saturated rings. The standard InChI is InChI=1S/C10H16F3NO3/c11-10(12,13)6-8(5-9(15)16)7-14-1-3-17-4-2-14/h8H,1-7H2,(H,15,16). The van der Waals surface area contributed by atoms with Crippen molar-refractivity contribution in [3.05, 3.63) is 0 Å². The monoisotopic (exact) mass is 255 g/mol. The van der Waals surface area contributed by atoms with Gasteiger partial charge in [0.25, 0.3) is 0 Å². The van der Waals surface area contributed by atoms with Crippen LogP contribution < -0.4 is 0 Å². The Kier molecular flexibility index (Phi) is 5.20. The number of morpholine rings is 1. The van der Waals surface area contributed by atoms with Crippen molar-refractivity contribution in [3.8, 4) is 0 Å². The normalized spacial score (nSPS) is 20.2. The van der Waals surface area contributed by atoms with E-state index in [1.165, 1.54) is 0 Å². The van der Waals surface area contributed by atoms with Gasteiger partial charge in [0.05, 0.1) is 13.2 Å². The first-order valence-electron chi connectivity index (χ1n) is 5.45. The van der Waals surface area contributed by atoms with E-state index < -0.39 is 30.9 Å². The molecule has 1 saturated heterocycles. The molecule has 1 aliphatic heterocycles. The van der Waals surface area contributed by atoms with Crippen molar-refractivity contribution in [2.24, 2.45) is 5.92 Å². The zero-order valence-electron chi connectivity index (χ0n) is 9.37. The number of hydrogen-bond acceptors (Lipinski definition) is 3. The summed E-state index contributed by atoms with van der Waals surface area (Å²) in [5.41, 5.74) is 0. The maximum absolute atomic E-state index is 12.3. The van der Waals surface area contributed by atoms with Gasteiger partial charge < -0.3 is 9.84 Å². The molecular formula is C10H16F3NO3. The van der Waals surface area contributed by atoms with Gasteiger partial charge in [0.15, 0.2) is 0 Å². The minimum Gasteiger partial charge on any atom is -0.481 e. The smallest absolute Gasteiger partial charge is 0.389 e. The lowest BCUT2D eigenvalue weighted by atomic mass is 10.00. The summed E-state index contributed by atoms with van der Waals surface area (Å²) in [5, 5.41) is 8.60. The van der Waals surface area contributed by atoms with Crippen molar-refractivity contribution < 1.29 is 27.8 Å². The van der Waals surface area contributed by atoms with Crippen LogP contribution in [0.15, 0.2) is 0 Å². The molecule has 1 atom stereocenters. The lowest BCUT2D eigenvalue weighted by Crippen LogP contribution is -2.40. The summed E-state index contributed by atoms with van der Waals surface area (Å²) < 4.78 is 41.9. The predicted molar refractivity (Wildman–Crippen MR) is 53.7 cm³/mol. The van der Waals surface area contributed by atoms with Crippen LogP contribution in [0.25, 0.3) is 0 Å². The van der Waals surface area contributed by atoms with Gasteiger partial charge in [-0.15, -0.1) is 0 Å². The van der Waals surface area contributed by atoms with Gasteiger partial charge in [0, 0.05) is 32.5 Å². The van der Waals surface area contributed by atoms with E-state index in [4.69, 9.17) is 9.84 Å². The first kappa shape index (κ1) is 14.2. The van der Waals surface area contributed by atoms with E-state index in [9.17, 15) is 18.0 Å². The Morgan fingerprint density at radius 3 is 2.41 bits per heavy atom. The number of hydrogen-bond donors (Lipinski definition) is 1. The van der Waals surface area contributed by atoms with Crippen LogP contribution in [-0.4, -0.2) is 55.0 Å². The topological polar surface area (TPSA) is 49.8 Å². The van der Waals surface area contributed by atoms with Crippen molar-refractivity contribution in [3.63, 3.8) is 0 Å². The third kappa shape index (κ3) is 6.48. The summed E-state index contributed by atoms with van der Waals surface area (Å²) in [6.07, 6.45) is -5.81. The van der Waals surface area contributed by atoms with Crippen molar-refractivity contribution in [2.75, 3.05) is 32.8 Å². The van der Waals surface area contributed by atoms with Gasteiger partial charge in [-0.2, -0.15) is 13.2 Å². The Hall–Kier alpha value is -0.820. The van der Waals surface area contributed by atoms with E-state index in [1.54, 1.807) is 0 Å². The molecule has 100 valence electrons. The Morgan fingerprint density at radius 2 is 1.94 bits per heavy atom. The maximum Gasteiger partial charge on any atom is 0.389 e. The van der Waals surface area contributed by atoms with Crippen LogP contribution >= 0.6 is 0 Å². The molecule has 0 bridgehead atoms. The third-order valence-electron chi connectivity index (χ3n) is 2.60. The van der Waals surface area contributed by atoms with E-state index in [-0.39, 0.29) is 6.54 Å². The average molecular weight is 255 g/mol. The average Bonchev–Trinajstić information content (AvgIpc) is 2.15. The fourth-order valence-corrected chi connectivity index (χ4v) is 1.92. The zero-order valence-corrected chi connectivity index (χ0v) is 9.37. The zero-order chi connectivity index (χ0) is 12.9. The van der Waals surface area contributed by atoms with Crippen LogP contribution in [-0.2, 0) is 9.53 Å². The first-order valence-corrected chi connectivity index (χ1v) is 5.45. The number of carbonyl (C=O) groups is 1. The number of rotatable bonds is 5. The molecule has 1 rings (SSSR count). The van der Waals surface area contributed by atoms with Gasteiger partial charge in [-0.3, -0.25) is 9.69 Å². The molecule has 0 spiro atoms. The quantitative estimate of drug-likeness (QED) is 0.806. The number of carboxylic acids is 1. The Morgan fingerprint density at radius 1 is 1.35 bits per heavy atom. The third-order valence-corrected chi connectivity index (χ3v) is 2.60. The van der Waals surface area contributed by atoms with Crippen molar-refractivity contribution in [2.45, 2.75) is 19.0 Å². The van der Waals surface area contributed by atoms with Gasteiger partial charge in [-0.25, -0.2) is 0 Å². The van der Waals surface area contributed by atoms with E-state index in [0.717, 1.165) is 0 Å². The highest BCUT2D eigenvalue weighted by Crippen LogP contribution is 2.27. The fraction of sp³-hybridized carbons (Fsp3) is 0.900. The molecule has 17 heavy (non-hydrogen) atoms. The highest BCUT2D eigenvalue weighted by atomic mass is 19.4. The number of nitrogens with zero attached hydrogens (tertiary/aromatic N) is 1. The molecule has 0 aliphatic carbocycles. The lowest BCUT2D eigenvalue weighted by molar-refractivity contribution is -0.152. The highest BCUT2D eigenvalue weighted by molar-refractivity contribution is 5.67. The van der Waals surface area contributed by atoms with Crippen LogP contribution in [0.1, 0.15) is 12.8 Å². The molecule has 0 aromatic heterocycles. The second-order valence-corrected chi connectivity index (χ2v) is 4.20. The van der Waals surface area contributed by atoms with Crippen LogP contribution in [0.2, 0.25) is 0 Å². The molecule has 1 heterocycles. The van der Waals surface area contributed by atoms with Crippen LogP contribution in [0.4, 0.5) is 13.2 Å². The van der Waals surface area contributed by atoms with Gasteiger partial charge in [0.1, 0.15) is 0 Å². The summed E-state index contributed by atoms with van der Waals surface area (Å²) in [4.78, 5) is 12.3. The Labute approximate surface area is 97.3 Å². The van der Waals surface area contributed by atoms with Gasteiger partial charge in [0.2, 0.25) is 0 Å². The molecule has 7 heteroatoms. The van der Waals surface area contributed by atoms with E-state index >= 15 is 0 Å². The molecule has 1 aliphatic rings. The summed E-state index contributed by atoms with van der Waals surface area (Å²) >= 11 is 0. The SMILES string of the molecule is O=C(O)CC(CN1CCOCC1)CC(F)(F)F. The molecule has 0 aromatic carbocycles.